The van der Waals surface area contributed by atoms with Crippen LogP contribution in [0.3, 0.4) is 0 Å². The molecule has 6 atom stereocenters. The van der Waals surface area contributed by atoms with Gasteiger partial charge in [-0.3, -0.25) is 8.37 Å². The third-order valence-corrected chi connectivity index (χ3v) is 20.9. The van der Waals surface area contributed by atoms with Crippen LogP contribution < -0.4 is 10.4 Å². The van der Waals surface area contributed by atoms with Gasteiger partial charge in [0.05, 0.1) is 40.8 Å². The van der Waals surface area contributed by atoms with Gasteiger partial charge < -0.3 is 19.4 Å². The van der Waals surface area contributed by atoms with Gasteiger partial charge in [0, 0.05) is 0 Å². The molecule has 2 N–H and O–H groups in total. The van der Waals surface area contributed by atoms with E-state index in [1.54, 1.807) is 24.3 Å². The van der Waals surface area contributed by atoms with E-state index in [1.165, 1.54) is 62.8 Å². The summed E-state index contributed by atoms with van der Waals surface area (Å²) in [4.78, 5) is -0.0160. The Hall–Kier alpha value is -3.24. The van der Waals surface area contributed by atoms with Gasteiger partial charge in [-0.25, -0.2) is 0 Å². The molecular weight excluding hydrogens is 901 g/mol. The van der Waals surface area contributed by atoms with Gasteiger partial charge >= 0.3 is 0 Å². The van der Waals surface area contributed by atoms with Crippen molar-refractivity contribution in [1.82, 2.24) is 0 Å². The Morgan fingerprint density at radius 2 is 1.00 bits per heavy atom. The molecule has 4 aromatic rings. The second-order valence-electron chi connectivity index (χ2n) is 19.6. The molecule has 13 heteroatoms. The molecule has 1 fully saturated rings. The average molecular weight is 979 g/mol. The zero-order valence-corrected chi connectivity index (χ0v) is 43.5. The minimum absolute atomic E-state index is 0.00309. The Balaban J connectivity index is 1.40. The molecule has 0 aliphatic carbocycles. The largest absolute Gasteiger partial charge is 0.405 e. The number of aryl methyl sites for hydroxylation is 2. The summed E-state index contributed by atoms with van der Waals surface area (Å²) in [6.45, 7) is 12.3. The van der Waals surface area contributed by atoms with E-state index in [1.807, 2.05) is 50.2 Å². The molecular formula is C54H78O10S2Si. The number of aliphatic hydroxyl groups excluding tert-OH is 2. The number of aliphatic hydroxyl groups is 2. The van der Waals surface area contributed by atoms with Gasteiger partial charge in [0.1, 0.15) is 12.2 Å². The summed E-state index contributed by atoms with van der Waals surface area (Å²) >= 11 is 0. The van der Waals surface area contributed by atoms with Crippen molar-refractivity contribution in [2.75, 3.05) is 6.61 Å². The SMILES string of the molecule is CCCCCCCCCCCC[C@@H](O)[C@H](O)CCC(OS(=O)(=O)c1ccc(C)cc1)[C@H]1CCC[C@@H]([C@@H](CO[Si](c2ccccc2)(c2ccccc2)C(C)(C)C)OS(=O)(=O)c2ccc(C)cc2)O1. The monoisotopic (exact) mass is 978 g/mol. The highest BCUT2D eigenvalue weighted by Gasteiger charge is 2.51. The molecule has 1 aliphatic heterocycles. The molecule has 0 radical (unpaired) electrons. The molecule has 67 heavy (non-hydrogen) atoms. The maximum absolute atomic E-state index is 14.2. The smallest absolute Gasteiger partial charge is 0.297 e. The standard InChI is InChI=1S/C54H78O10S2Si/c1-7-8-9-10-11-12-13-14-15-22-28-48(55)49(56)39-40-52(63-65(57,58)44-35-31-42(2)32-36-44)50-29-23-30-51(62-50)53(64-66(59,60)45-37-33-43(3)34-38-45)41-61-67(54(4,5)6,46-24-18-16-19-25-46)47-26-20-17-21-27-47/h16-21,24-27,31-38,48-53,55-56H,7-15,22-23,28-30,39-41H2,1-6H3/t48-,49-,50-,51+,52?,53-/m1/s1. The zero-order valence-electron chi connectivity index (χ0n) is 40.9. The van der Waals surface area contributed by atoms with Crippen molar-refractivity contribution in [3.8, 4) is 0 Å². The number of benzene rings is 4. The van der Waals surface area contributed by atoms with E-state index in [4.69, 9.17) is 17.5 Å². The molecule has 1 aliphatic rings. The first kappa shape index (κ1) is 54.7. The van der Waals surface area contributed by atoms with Crippen LogP contribution in [0.25, 0.3) is 0 Å². The van der Waals surface area contributed by atoms with Crippen molar-refractivity contribution in [2.24, 2.45) is 0 Å². The third-order valence-electron chi connectivity index (χ3n) is 13.2. The van der Waals surface area contributed by atoms with Crippen LogP contribution in [0.1, 0.15) is 142 Å². The van der Waals surface area contributed by atoms with Crippen LogP contribution in [0.5, 0.6) is 0 Å². The molecule has 0 aromatic heterocycles. The lowest BCUT2D eigenvalue weighted by molar-refractivity contribution is -0.138. The van der Waals surface area contributed by atoms with E-state index in [-0.39, 0.29) is 29.2 Å². The highest BCUT2D eigenvalue weighted by molar-refractivity contribution is 7.87. The predicted molar refractivity (Wildman–Crippen MR) is 270 cm³/mol. The minimum atomic E-state index is -4.35. The molecule has 0 spiro atoms. The number of hydrogen-bond donors (Lipinski definition) is 2. The van der Waals surface area contributed by atoms with Crippen molar-refractivity contribution in [2.45, 2.75) is 196 Å². The second kappa shape index (κ2) is 26.1. The first-order valence-electron chi connectivity index (χ1n) is 24.7. The molecule has 0 bridgehead atoms. The highest BCUT2D eigenvalue weighted by atomic mass is 32.2. The van der Waals surface area contributed by atoms with Crippen LogP contribution >= 0.6 is 0 Å². The quantitative estimate of drug-likeness (QED) is 0.0320. The van der Waals surface area contributed by atoms with Crippen LogP contribution in [-0.4, -0.2) is 78.6 Å². The number of hydrogen-bond acceptors (Lipinski definition) is 10. The molecule has 370 valence electrons. The van der Waals surface area contributed by atoms with Crippen LogP contribution in [0.4, 0.5) is 0 Å². The fourth-order valence-electron chi connectivity index (χ4n) is 9.30. The van der Waals surface area contributed by atoms with Gasteiger partial charge in [-0.1, -0.05) is 188 Å². The van der Waals surface area contributed by atoms with Crippen LogP contribution in [-0.2, 0) is 37.8 Å². The fourth-order valence-corrected chi connectivity index (χ4v) is 16.1. The first-order valence-corrected chi connectivity index (χ1v) is 29.5. The van der Waals surface area contributed by atoms with Gasteiger partial charge in [-0.2, -0.15) is 16.8 Å². The molecule has 0 amide bonds. The summed E-state index contributed by atoms with van der Waals surface area (Å²) in [6.07, 6.45) is 7.55. The van der Waals surface area contributed by atoms with Crippen molar-refractivity contribution < 1.29 is 44.6 Å². The number of rotatable bonds is 28. The molecule has 0 saturated carbocycles. The number of unbranched alkanes of at least 4 members (excludes halogenated alkanes) is 9. The Morgan fingerprint density at radius 1 is 0.582 bits per heavy atom. The summed E-state index contributed by atoms with van der Waals surface area (Å²) in [5, 5.41) is 23.9. The van der Waals surface area contributed by atoms with Crippen LogP contribution in [0, 0.1) is 13.8 Å². The van der Waals surface area contributed by atoms with E-state index in [0.717, 1.165) is 47.2 Å². The first-order chi connectivity index (χ1) is 32.0. The lowest BCUT2D eigenvalue weighted by atomic mass is 9.94. The highest BCUT2D eigenvalue weighted by Crippen LogP contribution is 2.38. The average Bonchev–Trinajstić information content (AvgIpc) is 3.31. The lowest BCUT2D eigenvalue weighted by Crippen LogP contribution is -2.67. The van der Waals surface area contributed by atoms with Crippen LogP contribution in [0.2, 0.25) is 5.04 Å². The van der Waals surface area contributed by atoms with Gasteiger partial charge in [-0.05, 0) is 92.0 Å². The summed E-state index contributed by atoms with van der Waals surface area (Å²) in [5.74, 6) is 0. The second-order valence-corrected chi connectivity index (χ2v) is 27.1. The van der Waals surface area contributed by atoms with Gasteiger partial charge in [0.15, 0.2) is 0 Å². The van der Waals surface area contributed by atoms with Crippen molar-refractivity contribution >= 4 is 38.9 Å². The molecule has 1 saturated heterocycles. The third kappa shape index (κ3) is 15.9. The van der Waals surface area contributed by atoms with E-state index in [9.17, 15) is 27.0 Å². The molecule has 1 unspecified atom stereocenters. The summed E-state index contributed by atoms with van der Waals surface area (Å²) in [7, 11) is -11.9. The van der Waals surface area contributed by atoms with Gasteiger partial charge in [0.25, 0.3) is 28.6 Å². The molecule has 5 rings (SSSR count). The van der Waals surface area contributed by atoms with E-state index >= 15 is 0 Å². The van der Waals surface area contributed by atoms with E-state index < -0.39 is 70.2 Å². The van der Waals surface area contributed by atoms with Crippen molar-refractivity contribution in [3.05, 3.63) is 120 Å². The Morgan fingerprint density at radius 3 is 1.46 bits per heavy atom. The summed E-state index contributed by atoms with van der Waals surface area (Å²) in [6, 6.07) is 33.0. The maximum atomic E-state index is 14.2. The van der Waals surface area contributed by atoms with E-state index in [2.05, 4.69) is 52.0 Å². The number of ether oxygens (including phenoxy) is 1. The topological polar surface area (TPSA) is 146 Å². The Kier molecular flexibility index (Phi) is 21.3. The maximum Gasteiger partial charge on any atom is 0.297 e. The van der Waals surface area contributed by atoms with Crippen molar-refractivity contribution in [1.29, 1.82) is 0 Å². The fraction of sp³-hybridized carbons (Fsp3) is 0.556. The summed E-state index contributed by atoms with van der Waals surface area (Å²) < 4.78 is 82.7. The zero-order chi connectivity index (χ0) is 48.5. The lowest BCUT2D eigenvalue weighted by Gasteiger charge is -2.44. The van der Waals surface area contributed by atoms with E-state index in [0.29, 0.717) is 25.7 Å². The minimum Gasteiger partial charge on any atom is -0.405 e. The molecule has 4 aromatic carbocycles. The van der Waals surface area contributed by atoms with Crippen LogP contribution in [0.15, 0.2) is 119 Å². The Bertz CT molecular complexity index is 2210. The normalized spacial score (nSPS) is 18.0. The van der Waals surface area contributed by atoms with Crippen molar-refractivity contribution in [3.63, 3.8) is 0 Å². The predicted octanol–water partition coefficient (Wildman–Crippen LogP) is 10.5. The summed E-state index contributed by atoms with van der Waals surface area (Å²) in [5.41, 5.74) is 1.78. The van der Waals surface area contributed by atoms with Gasteiger partial charge in [-0.15, -0.1) is 0 Å². The molecule has 10 nitrogen and oxygen atoms in total. The Labute approximate surface area is 404 Å². The molecule has 1 heterocycles. The van der Waals surface area contributed by atoms with Gasteiger partial charge in [0.2, 0.25) is 0 Å².